The van der Waals surface area contributed by atoms with Gasteiger partial charge in [0.05, 0.1) is 5.69 Å². The first-order valence-electron chi connectivity index (χ1n) is 7.44. The maximum atomic E-state index is 4.49. The molecule has 0 saturated carbocycles. The molecule has 1 aliphatic rings. The van der Waals surface area contributed by atoms with Crippen molar-refractivity contribution in [1.82, 2.24) is 15.1 Å². The molecular weight excluding hydrogens is 246 g/mol. The zero-order chi connectivity index (χ0) is 14.1. The number of fused-ring (bicyclic) bond motifs is 1. The molecule has 1 aliphatic carbocycles. The molecule has 20 heavy (non-hydrogen) atoms. The van der Waals surface area contributed by atoms with Crippen molar-refractivity contribution in [3.63, 3.8) is 0 Å². The molecule has 1 aromatic heterocycles. The van der Waals surface area contributed by atoms with Crippen LogP contribution < -0.4 is 5.32 Å². The van der Waals surface area contributed by atoms with Gasteiger partial charge in [-0.1, -0.05) is 24.3 Å². The van der Waals surface area contributed by atoms with Crippen LogP contribution in [-0.4, -0.2) is 15.8 Å². The first-order chi connectivity index (χ1) is 9.65. The van der Waals surface area contributed by atoms with E-state index >= 15 is 0 Å². The van der Waals surface area contributed by atoms with Crippen molar-refractivity contribution >= 4 is 0 Å². The van der Waals surface area contributed by atoms with Crippen LogP contribution in [0.5, 0.6) is 0 Å². The first-order valence-corrected chi connectivity index (χ1v) is 7.44. The van der Waals surface area contributed by atoms with E-state index in [0.717, 1.165) is 18.7 Å². The van der Waals surface area contributed by atoms with Crippen LogP contribution >= 0.6 is 0 Å². The minimum absolute atomic E-state index is 0.587. The number of benzene rings is 1. The molecule has 0 radical (unpaired) electrons. The Labute approximate surface area is 121 Å². The van der Waals surface area contributed by atoms with Crippen LogP contribution in [0.4, 0.5) is 0 Å². The SMILES string of the molecule is Cc1nn(C)c(C)c1CNC1CCc2ccccc2C1. The molecule has 3 rings (SSSR count). The van der Waals surface area contributed by atoms with E-state index in [1.54, 1.807) is 0 Å². The van der Waals surface area contributed by atoms with E-state index in [1.165, 1.54) is 35.2 Å². The Morgan fingerprint density at radius 1 is 1.25 bits per heavy atom. The molecule has 0 aliphatic heterocycles. The highest BCUT2D eigenvalue weighted by atomic mass is 15.3. The number of hydrogen-bond donors (Lipinski definition) is 1. The predicted molar refractivity (Wildman–Crippen MR) is 81.8 cm³/mol. The van der Waals surface area contributed by atoms with Crippen molar-refractivity contribution in [2.75, 3.05) is 0 Å². The van der Waals surface area contributed by atoms with E-state index in [4.69, 9.17) is 0 Å². The number of rotatable bonds is 3. The Morgan fingerprint density at radius 2 is 2.00 bits per heavy atom. The number of nitrogens with zero attached hydrogens (tertiary/aromatic N) is 2. The van der Waals surface area contributed by atoms with Crippen LogP contribution in [0.2, 0.25) is 0 Å². The maximum Gasteiger partial charge on any atom is 0.0641 e. The van der Waals surface area contributed by atoms with Crippen molar-refractivity contribution in [2.45, 2.75) is 45.7 Å². The highest BCUT2D eigenvalue weighted by Crippen LogP contribution is 2.21. The summed E-state index contributed by atoms with van der Waals surface area (Å²) >= 11 is 0. The van der Waals surface area contributed by atoms with E-state index in [-0.39, 0.29) is 0 Å². The Morgan fingerprint density at radius 3 is 2.70 bits per heavy atom. The van der Waals surface area contributed by atoms with Crippen molar-refractivity contribution in [1.29, 1.82) is 0 Å². The normalized spacial score (nSPS) is 18.1. The van der Waals surface area contributed by atoms with Crippen LogP contribution in [0.3, 0.4) is 0 Å². The fourth-order valence-electron chi connectivity index (χ4n) is 3.19. The van der Waals surface area contributed by atoms with Crippen LogP contribution in [0.25, 0.3) is 0 Å². The minimum atomic E-state index is 0.587. The van der Waals surface area contributed by atoms with Gasteiger partial charge in [0.25, 0.3) is 0 Å². The van der Waals surface area contributed by atoms with E-state index in [9.17, 15) is 0 Å². The Bertz CT molecular complexity index is 613. The van der Waals surface area contributed by atoms with Crippen molar-refractivity contribution in [3.05, 3.63) is 52.3 Å². The van der Waals surface area contributed by atoms with Gasteiger partial charge in [0.15, 0.2) is 0 Å². The lowest BCUT2D eigenvalue weighted by Crippen LogP contribution is -2.34. The summed E-state index contributed by atoms with van der Waals surface area (Å²) in [4.78, 5) is 0. The van der Waals surface area contributed by atoms with Gasteiger partial charge < -0.3 is 5.32 Å². The second-order valence-electron chi connectivity index (χ2n) is 5.86. The molecule has 3 heteroatoms. The standard InChI is InChI=1S/C17H23N3/c1-12-17(13(2)20(3)19-12)11-18-16-9-8-14-6-4-5-7-15(14)10-16/h4-7,16,18H,8-11H2,1-3H3. The minimum Gasteiger partial charge on any atom is -0.309 e. The molecule has 3 nitrogen and oxygen atoms in total. The zero-order valence-electron chi connectivity index (χ0n) is 12.6. The highest BCUT2D eigenvalue weighted by molar-refractivity contribution is 5.30. The van der Waals surface area contributed by atoms with Crippen molar-refractivity contribution in [3.8, 4) is 0 Å². The van der Waals surface area contributed by atoms with Gasteiger partial charge in [-0.3, -0.25) is 4.68 Å². The summed E-state index contributed by atoms with van der Waals surface area (Å²) in [7, 11) is 2.02. The summed E-state index contributed by atoms with van der Waals surface area (Å²) in [6.45, 7) is 5.17. The largest absolute Gasteiger partial charge is 0.309 e. The molecule has 0 saturated heterocycles. The quantitative estimate of drug-likeness (QED) is 0.928. The molecule has 1 N–H and O–H groups in total. The fourth-order valence-corrected chi connectivity index (χ4v) is 3.19. The number of aryl methyl sites for hydroxylation is 3. The summed E-state index contributed by atoms with van der Waals surface area (Å²) in [5.74, 6) is 0. The van der Waals surface area contributed by atoms with Gasteiger partial charge in [0.2, 0.25) is 0 Å². The predicted octanol–water partition coefficient (Wildman–Crippen LogP) is 2.68. The summed E-state index contributed by atoms with van der Waals surface area (Å²) < 4.78 is 1.97. The number of nitrogens with one attached hydrogen (secondary N) is 1. The van der Waals surface area contributed by atoms with E-state index in [0.29, 0.717) is 6.04 Å². The fraction of sp³-hybridized carbons (Fsp3) is 0.471. The molecular formula is C17H23N3. The van der Waals surface area contributed by atoms with Crippen LogP contribution in [-0.2, 0) is 26.4 Å². The highest BCUT2D eigenvalue weighted by Gasteiger charge is 2.18. The number of aromatic nitrogens is 2. The van der Waals surface area contributed by atoms with Gasteiger partial charge in [-0.25, -0.2) is 0 Å². The summed E-state index contributed by atoms with van der Waals surface area (Å²) in [6, 6.07) is 9.42. The molecule has 2 aromatic rings. The zero-order valence-corrected chi connectivity index (χ0v) is 12.6. The Balaban J connectivity index is 1.66. The maximum absolute atomic E-state index is 4.49. The molecule has 1 atom stereocenters. The average Bonchev–Trinajstić information content (AvgIpc) is 2.70. The van der Waals surface area contributed by atoms with Gasteiger partial charge in [0.1, 0.15) is 0 Å². The summed E-state index contributed by atoms with van der Waals surface area (Å²) in [5, 5.41) is 8.21. The molecule has 106 valence electrons. The van der Waals surface area contributed by atoms with Crippen molar-refractivity contribution < 1.29 is 0 Å². The molecule has 0 bridgehead atoms. The first kappa shape index (κ1) is 13.4. The van der Waals surface area contributed by atoms with E-state index < -0.39 is 0 Å². The third-order valence-corrected chi connectivity index (χ3v) is 4.57. The second kappa shape index (κ2) is 5.41. The lowest BCUT2D eigenvalue weighted by molar-refractivity contribution is 0.456. The molecule has 0 fully saturated rings. The molecule has 0 spiro atoms. The topological polar surface area (TPSA) is 29.9 Å². The summed E-state index contributed by atoms with van der Waals surface area (Å²) in [5.41, 5.74) is 6.81. The third-order valence-electron chi connectivity index (χ3n) is 4.57. The monoisotopic (exact) mass is 269 g/mol. The molecule has 1 aromatic carbocycles. The lowest BCUT2D eigenvalue weighted by Gasteiger charge is -2.25. The lowest BCUT2D eigenvalue weighted by atomic mass is 9.88. The van der Waals surface area contributed by atoms with Gasteiger partial charge in [0, 0.05) is 30.9 Å². The molecule has 0 amide bonds. The van der Waals surface area contributed by atoms with Crippen LogP contribution in [0.15, 0.2) is 24.3 Å². The van der Waals surface area contributed by atoms with E-state index in [1.807, 2.05) is 11.7 Å². The van der Waals surface area contributed by atoms with Gasteiger partial charge in [-0.15, -0.1) is 0 Å². The van der Waals surface area contributed by atoms with Crippen molar-refractivity contribution in [2.24, 2.45) is 7.05 Å². The Kier molecular flexibility index (Phi) is 3.62. The van der Waals surface area contributed by atoms with E-state index in [2.05, 4.69) is 48.5 Å². The van der Waals surface area contributed by atoms with Crippen LogP contribution in [0.1, 0.15) is 34.5 Å². The van der Waals surface area contributed by atoms with Crippen LogP contribution in [0, 0.1) is 13.8 Å². The van der Waals surface area contributed by atoms with Gasteiger partial charge >= 0.3 is 0 Å². The summed E-state index contributed by atoms with van der Waals surface area (Å²) in [6.07, 6.45) is 3.57. The smallest absolute Gasteiger partial charge is 0.0641 e. The number of hydrogen-bond acceptors (Lipinski definition) is 2. The molecule has 1 unspecified atom stereocenters. The molecule has 1 heterocycles. The second-order valence-corrected chi connectivity index (χ2v) is 5.86. The Hall–Kier alpha value is -1.61. The van der Waals surface area contributed by atoms with Gasteiger partial charge in [-0.05, 0) is 44.2 Å². The average molecular weight is 269 g/mol. The third kappa shape index (κ3) is 2.50. The van der Waals surface area contributed by atoms with Gasteiger partial charge in [-0.2, -0.15) is 5.10 Å².